The van der Waals surface area contributed by atoms with Gasteiger partial charge in [-0.15, -0.1) is 11.3 Å². The summed E-state index contributed by atoms with van der Waals surface area (Å²) in [5.41, 5.74) is 0.377. The summed E-state index contributed by atoms with van der Waals surface area (Å²) in [4.78, 5) is 2.78. The molecule has 98 valence electrons. The molecule has 0 bridgehead atoms. The Labute approximate surface area is 109 Å². The predicted octanol–water partition coefficient (Wildman–Crippen LogP) is 3.60. The van der Waals surface area contributed by atoms with Crippen molar-refractivity contribution in [3.8, 4) is 0 Å². The molecule has 0 radical (unpaired) electrons. The van der Waals surface area contributed by atoms with Gasteiger partial charge in [-0.25, -0.2) is 0 Å². The van der Waals surface area contributed by atoms with Crippen LogP contribution in [-0.2, 0) is 11.3 Å². The van der Waals surface area contributed by atoms with Gasteiger partial charge in [-0.3, -0.25) is 0 Å². The van der Waals surface area contributed by atoms with Gasteiger partial charge in [0.15, 0.2) is 0 Å². The van der Waals surface area contributed by atoms with Crippen LogP contribution in [0.1, 0.15) is 36.9 Å². The molecule has 1 N–H and O–H groups in total. The Balaban J connectivity index is 1.95. The molecule has 2 nitrogen and oxygen atoms in total. The fourth-order valence-electron chi connectivity index (χ4n) is 1.42. The molecule has 0 aromatic carbocycles. The predicted molar refractivity (Wildman–Crippen MR) is 75.7 cm³/mol. The summed E-state index contributed by atoms with van der Waals surface area (Å²) in [6.45, 7) is 12.4. The van der Waals surface area contributed by atoms with Crippen LogP contribution < -0.4 is 5.32 Å². The zero-order valence-electron chi connectivity index (χ0n) is 11.5. The molecule has 3 heteroatoms. The van der Waals surface area contributed by atoms with Crippen LogP contribution in [-0.4, -0.2) is 19.8 Å². The van der Waals surface area contributed by atoms with Crippen molar-refractivity contribution >= 4 is 11.3 Å². The largest absolute Gasteiger partial charge is 0.380 e. The summed E-state index contributed by atoms with van der Waals surface area (Å²) in [7, 11) is 0. The summed E-state index contributed by atoms with van der Waals surface area (Å²) in [6.07, 6.45) is 1.12. The van der Waals surface area contributed by atoms with Gasteiger partial charge >= 0.3 is 0 Å². The second kappa shape index (κ2) is 7.14. The molecule has 1 heterocycles. The van der Waals surface area contributed by atoms with Crippen molar-refractivity contribution in [3.63, 3.8) is 0 Å². The summed E-state index contributed by atoms with van der Waals surface area (Å²) in [5.74, 6) is 0. The number of aryl methyl sites for hydroxylation is 1. The minimum Gasteiger partial charge on any atom is -0.380 e. The van der Waals surface area contributed by atoms with Crippen LogP contribution in [0.15, 0.2) is 12.1 Å². The molecule has 0 saturated heterocycles. The smallest absolute Gasteiger partial charge is 0.0591 e. The van der Waals surface area contributed by atoms with E-state index in [4.69, 9.17) is 4.74 Å². The van der Waals surface area contributed by atoms with E-state index < -0.39 is 0 Å². The highest BCUT2D eigenvalue weighted by molar-refractivity contribution is 7.11. The number of ether oxygens (including phenoxy) is 1. The van der Waals surface area contributed by atoms with Crippen molar-refractivity contribution in [1.29, 1.82) is 0 Å². The summed E-state index contributed by atoms with van der Waals surface area (Å²) >= 11 is 1.86. The molecule has 17 heavy (non-hydrogen) atoms. The first kappa shape index (κ1) is 14.7. The zero-order chi connectivity index (χ0) is 12.7. The average Bonchev–Trinajstić information content (AvgIpc) is 2.61. The Kier molecular flexibility index (Phi) is 6.17. The third-order valence-electron chi connectivity index (χ3n) is 2.51. The van der Waals surface area contributed by atoms with Crippen molar-refractivity contribution in [2.24, 2.45) is 5.41 Å². The Bertz CT molecular complexity index is 314. The van der Waals surface area contributed by atoms with Gasteiger partial charge in [0.2, 0.25) is 0 Å². The first-order valence-corrected chi connectivity index (χ1v) is 7.13. The minimum atomic E-state index is 0.377. The van der Waals surface area contributed by atoms with Gasteiger partial charge in [-0.2, -0.15) is 0 Å². The monoisotopic (exact) mass is 255 g/mol. The van der Waals surface area contributed by atoms with E-state index in [1.54, 1.807) is 0 Å². The van der Waals surface area contributed by atoms with E-state index >= 15 is 0 Å². The van der Waals surface area contributed by atoms with E-state index in [2.05, 4.69) is 45.1 Å². The highest BCUT2D eigenvalue weighted by Crippen LogP contribution is 2.17. The number of nitrogens with one attached hydrogen (secondary N) is 1. The lowest BCUT2D eigenvalue weighted by Gasteiger charge is -2.17. The van der Waals surface area contributed by atoms with E-state index in [-0.39, 0.29) is 0 Å². The maximum atomic E-state index is 5.59. The van der Waals surface area contributed by atoms with E-state index in [9.17, 15) is 0 Å². The maximum absolute atomic E-state index is 5.59. The van der Waals surface area contributed by atoms with Gasteiger partial charge in [-0.1, -0.05) is 20.8 Å². The normalized spacial score (nSPS) is 12.0. The molecule has 0 aliphatic carbocycles. The quantitative estimate of drug-likeness (QED) is 0.752. The molecule has 1 rings (SSSR count). The molecule has 0 spiro atoms. The van der Waals surface area contributed by atoms with Gasteiger partial charge in [-0.05, 0) is 30.9 Å². The van der Waals surface area contributed by atoms with E-state index in [0.29, 0.717) is 5.41 Å². The van der Waals surface area contributed by atoms with E-state index in [1.165, 1.54) is 9.75 Å². The fourth-order valence-corrected chi connectivity index (χ4v) is 2.28. The van der Waals surface area contributed by atoms with Crippen LogP contribution in [0.5, 0.6) is 0 Å². The first-order valence-electron chi connectivity index (χ1n) is 6.31. The van der Waals surface area contributed by atoms with Gasteiger partial charge < -0.3 is 10.1 Å². The van der Waals surface area contributed by atoms with E-state index in [1.807, 2.05) is 11.3 Å². The molecular weight excluding hydrogens is 230 g/mol. The van der Waals surface area contributed by atoms with Crippen molar-refractivity contribution in [2.45, 2.75) is 40.7 Å². The Morgan fingerprint density at radius 3 is 2.59 bits per heavy atom. The van der Waals surface area contributed by atoms with Crippen LogP contribution in [0.4, 0.5) is 0 Å². The number of rotatable bonds is 7. The molecule has 1 aromatic heterocycles. The summed E-state index contributed by atoms with van der Waals surface area (Å²) < 4.78 is 5.59. The Morgan fingerprint density at radius 2 is 2.00 bits per heavy atom. The van der Waals surface area contributed by atoms with Crippen molar-refractivity contribution < 1.29 is 4.74 Å². The van der Waals surface area contributed by atoms with Crippen LogP contribution in [0, 0.1) is 12.3 Å². The van der Waals surface area contributed by atoms with Crippen LogP contribution in [0.3, 0.4) is 0 Å². The molecule has 0 aliphatic heterocycles. The lowest BCUT2D eigenvalue weighted by Crippen LogP contribution is -2.20. The number of hydrogen-bond donors (Lipinski definition) is 1. The SMILES string of the molecule is Cc1ccc(CNCCOCCC(C)(C)C)s1. The maximum Gasteiger partial charge on any atom is 0.0591 e. The summed E-state index contributed by atoms with van der Waals surface area (Å²) in [6, 6.07) is 4.36. The Hall–Kier alpha value is -0.380. The molecule has 1 aromatic rings. The topological polar surface area (TPSA) is 21.3 Å². The highest BCUT2D eigenvalue weighted by atomic mass is 32.1. The third kappa shape index (κ3) is 7.53. The van der Waals surface area contributed by atoms with Gasteiger partial charge in [0, 0.05) is 29.5 Å². The van der Waals surface area contributed by atoms with Crippen molar-refractivity contribution in [1.82, 2.24) is 5.32 Å². The van der Waals surface area contributed by atoms with Crippen molar-refractivity contribution in [3.05, 3.63) is 21.9 Å². The van der Waals surface area contributed by atoms with Crippen LogP contribution >= 0.6 is 11.3 Å². The third-order valence-corrected chi connectivity index (χ3v) is 3.52. The van der Waals surface area contributed by atoms with Gasteiger partial charge in [0.05, 0.1) is 6.61 Å². The van der Waals surface area contributed by atoms with Gasteiger partial charge in [0.1, 0.15) is 0 Å². The lowest BCUT2D eigenvalue weighted by molar-refractivity contribution is 0.110. The second-order valence-electron chi connectivity index (χ2n) is 5.61. The number of hydrogen-bond acceptors (Lipinski definition) is 3. The van der Waals surface area contributed by atoms with Crippen LogP contribution in [0.2, 0.25) is 0 Å². The molecule has 0 fully saturated rings. The minimum absolute atomic E-state index is 0.377. The van der Waals surface area contributed by atoms with E-state index in [0.717, 1.165) is 32.7 Å². The zero-order valence-corrected chi connectivity index (χ0v) is 12.3. The Morgan fingerprint density at radius 1 is 1.24 bits per heavy atom. The van der Waals surface area contributed by atoms with Crippen molar-refractivity contribution in [2.75, 3.05) is 19.8 Å². The second-order valence-corrected chi connectivity index (χ2v) is 6.98. The molecule has 0 atom stereocenters. The van der Waals surface area contributed by atoms with Gasteiger partial charge in [0.25, 0.3) is 0 Å². The average molecular weight is 255 g/mol. The fraction of sp³-hybridized carbons (Fsp3) is 0.714. The summed E-state index contributed by atoms with van der Waals surface area (Å²) in [5, 5.41) is 3.40. The lowest BCUT2D eigenvalue weighted by atomic mass is 9.93. The highest BCUT2D eigenvalue weighted by Gasteiger charge is 2.08. The first-order chi connectivity index (χ1) is 7.97. The molecule has 0 saturated carbocycles. The number of thiophene rings is 1. The molecular formula is C14H25NOS. The standard InChI is InChI=1S/C14H25NOS/c1-12-5-6-13(17-12)11-15-8-10-16-9-7-14(2,3)4/h5-6,15H,7-11H2,1-4H3. The molecule has 0 unspecified atom stereocenters. The van der Waals surface area contributed by atoms with Crippen LogP contribution in [0.25, 0.3) is 0 Å². The molecule has 0 amide bonds. The molecule has 0 aliphatic rings.